The fourth-order valence-electron chi connectivity index (χ4n) is 3.82. The number of anilines is 2. The van der Waals surface area contributed by atoms with Gasteiger partial charge in [-0.2, -0.15) is 0 Å². The van der Waals surface area contributed by atoms with E-state index >= 15 is 0 Å². The number of nitrogens with zero attached hydrogens (tertiary/aromatic N) is 3. The predicted molar refractivity (Wildman–Crippen MR) is 147 cm³/mol. The lowest BCUT2D eigenvalue weighted by Crippen LogP contribution is -2.45. The molecule has 1 atom stereocenters. The van der Waals surface area contributed by atoms with Crippen LogP contribution in [-0.4, -0.2) is 41.8 Å². The standard InChI is InChI=1S/C29H30N4O2S/c1-21(29(35)30-24-14-16-25(17-15-24)32(2)3)33(28(34)18-22-10-6-4-7-11-22)19-27-31-26(20-36-27)23-12-8-5-9-13-23/h4-17,20-21H,18-19H2,1-3H3,(H,30,35). The van der Waals surface area contributed by atoms with Crippen LogP contribution in [0.1, 0.15) is 17.5 Å². The third-order valence-electron chi connectivity index (χ3n) is 5.94. The number of hydrogen-bond acceptors (Lipinski definition) is 5. The van der Waals surface area contributed by atoms with E-state index in [1.807, 2.05) is 109 Å². The van der Waals surface area contributed by atoms with E-state index in [1.54, 1.807) is 11.8 Å². The van der Waals surface area contributed by atoms with Crippen molar-refractivity contribution in [1.82, 2.24) is 9.88 Å². The first-order chi connectivity index (χ1) is 17.4. The number of carbonyl (C=O) groups excluding carboxylic acids is 2. The molecule has 1 heterocycles. The van der Waals surface area contributed by atoms with Crippen LogP contribution < -0.4 is 10.2 Å². The molecule has 36 heavy (non-hydrogen) atoms. The molecular formula is C29H30N4O2S. The van der Waals surface area contributed by atoms with Gasteiger partial charge in [-0.05, 0) is 36.8 Å². The Kier molecular flexibility index (Phi) is 8.13. The summed E-state index contributed by atoms with van der Waals surface area (Å²) in [7, 11) is 3.93. The summed E-state index contributed by atoms with van der Waals surface area (Å²) in [6.45, 7) is 2.02. The van der Waals surface area contributed by atoms with Crippen LogP contribution in [0.2, 0.25) is 0 Å². The number of hydrogen-bond donors (Lipinski definition) is 1. The van der Waals surface area contributed by atoms with Crippen molar-refractivity contribution in [3.8, 4) is 11.3 Å². The van der Waals surface area contributed by atoms with Crippen LogP contribution in [0.4, 0.5) is 11.4 Å². The average molecular weight is 499 g/mol. The number of rotatable bonds is 9. The fraction of sp³-hybridized carbons (Fsp3) is 0.207. The maximum absolute atomic E-state index is 13.4. The highest BCUT2D eigenvalue weighted by molar-refractivity contribution is 7.09. The molecule has 0 bridgehead atoms. The van der Waals surface area contributed by atoms with Crippen molar-refractivity contribution in [3.63, 3.8) is 0 Å². The van der Waals surface area contributed by atoms with Crippen molar-refractivity contribution in [3.05, 3.63) is 101 Å². The third kappa shape index (κ3) is 6.37. The fourth-order valence-corrected chi connectivity index (χ4v) is 4.62. The summed E-state index contributed by atoms with van der Waals surface area (Å²) in [5.74, 6) is -0.364. The largest absolute Gasteiger partial charge is 0.378 e. The Labute approximate surface area is 216 Å². The summed E-state index contributed by atoms with van der Waals surface area (Å²) in [4.78, 5) is 35.0. The topological polar surface area (TPSA) is 65.5 Å². The van der Waals surface area contributed by atoms with Gasteiger partial charge in [-0.3, -0.25) is 9.59 Å². The zero-order chi connectivity index (χ0) is 25.5. The Bertz CT molecular complexity index is 1290. The first-order valence-corrected chi connectivity index (χ1v) is 12.7. The van der Waals surface area contributed by atoms with Crippen LogP contribution in [0.15, 0.2) is 90.3 Å². The van der Waals surface area contributed by atoms with E-state index in [-0.39, 0.29) is 24.8 Å². The SMILES string of the molecule is CC(C(=O)Nc1ccc(N(C)C)cc1)N(Cc1nc(-c2ccccc2)cs1)C(=O)Cc1ccccc1. The summed E-state index contributed by atoms with van der Waals surface area (Å²) in [6.07, 6.45) is 0.215. The Balaban J connectivity index is 1.53. The smallest absolute Gasteiger partial charge is 0.246 e. The summed E-state index contributed by atoms with van der Waals surface area (Å²) in [6, 6.07) is 26.4. The van der Waals surface area contributed by atoms with Gasteiger partial charge in [-0.25, -0.2) is 4.98 Å². The van der Waals surface area contributed by atoms with Crippen molar-refractivity contribution in [2.24, 2.45) is 0 Å². The summed E-state index contributed by atoms with van der Waals surface area (Å²) < 4.78 is 0. The second-order valence-corrected chi connectivity index (χ2v) is 9.73. The van der Waals surface area contributed by atoms with Gasteiger partial charge < -0.3 is 15.1 Å². The van der Waals surface area contributed by atoms with Gasteiger partial charge in [-0.1, -0.05) is 60.7 Å². The van der Waals surface area contributed by atoms with E-state index in [0.717, 1.165) is 27.5 Å². The van der Waals surface area contributed by atoms with Crippen LogP contribution in [0.5, 0.6) is 0 Å². The third-order valence-corrected chi connectivity index (χ3v) is 6.78. The van der Waals surface area contributed by atoms with Crippen molar-refractivity contribution in [2.75, 3.05) is 24.3 Å². The molecule has 184 valence electrons. The Hall–Kier alpha value is -3.97. The van der Waals surface area contributed by atoms with E-state index in [2.05, 4.69) is 5.32 Å². The van der Waals surface area contributed by atoms with Gasteiger partial charge in [0, 0.05) is 36.4 Å². The molecule has 4 rings (SSSR count). The van der Waals surface area contributed by atoms with Crippen molar-refractivity contribution < 1.29 is 9.59 Å². The Morgan fingerprint density at radius 3 is 2.19 bits per heavy atom. The molecule has 0 saturated heterocycles. The zero-order valence-corrected chi connectivity index (χ0v) is 21.5. The van der Waals surface area contributed by atoms with Crippen molar-refractivity contribution >= 4 is 34.5 Å². The van der Waals surface area contributed by atoms with E-state index in [0.29, 0.717) is 5.69 Å². The van der Waals surface area contributed by atoms with Crippen molar-refractivity contribution in [2.45, 2.75) is 25.9 Å². The molecule has 1 aromatic heterocycles. The molecule has 1 unspecified atom stereocenters. The van der Waals surface area contributed by atoms with Gasteiger partial charge in [0.25, 0.3) is 0 Å². The monoisotopic (exact) mass is 498 g/mol. The lowest BCUT2D eigenvalue weighted by Gasteiger charge is -2.28. The van der Waals surface area contributed by atoms with Crippen LogP contribution >= 0.6 is 11.3 Å². The molecule has 0 radical (unpaired) electrons. The normalized spacial score (nSPS) is 11.5. The number of thiazole rings is 1. The van der Waals surface area contributed by atoms with Gasteiger partial charge in [0.05, 0.1) is 18.7 Å². The number of benzene rings is 3. The van der Waals surface area contributed by atoms with Gasteiger partial charge in [0.15, 0.2) is 0 Å². The molecule has 1 N–H and O–H groups in total. The maximum atomic E-state index is 13.4. The van der Waals surface area contributed by atoms with Crippen LogP contribution in [-0.2, 0) is 22.6 Å². The number of nitrogens with one attached hydrogen (secondary N) is 1. The van der Waals surface area contributed by atoms with E-state index in [4.69, 9.17) is 4.98 Å². The number of carbonyl (C=O) groups is 2. The molecule has 7 heteroatoms. The lowest BCUT2D eigenvalue weighted by atomic mass is 10.1. The molecule has 0 spiro atoms. The minimum Gasteiger partial charge on any atom is -0.378 e. The highest BCUT2D eigenvalue weighted by Gasteiger charge is 2.27. The second kappa shape index (κ2) is 11.6. The average Bonchev–Trinajstić information content (AvgIpc) is 3.37. The molecule has 0 aliphatic heterocycles. The minimum absolute atomic E-state index is 0.122. The van der Waals surface area contributed by atoms with Gasteiger partial charge in [0.2, 0.25) is 11.8 Å². The highest BCUT2D eigenvalue weighted by Crippen LogP contribution is 2.24. The molecule has 6 nitrogen and oxygen atoms in total. The van der Waals surface area contributed by atoms with E-state index < -0.39 is 6.04 Å². The first-order valence-electron chi connectivity index (χ1n) is 11.8. The lowest BCUT2D eigenvalue weighted by molar-refractivity contribution is -0.138. The molecule has 0 aliphatic rings. The highest BCUT2D eigenvalue weighted by atomic mass is 32.1. The summed E-state index contributed by atoms with van der Waals surface area (Å²) in [5, 5.41) is 5.73. The molecule has 2 amide bonds. The van der Waals surface area contributed by atoms with Crippen LogP contribution in [0.3, 0.4) is 0 Å². The van der Waals surface area contributed by atoms with E-state index in [1.165, 1.54) is 11.3 Å². The zero-order valence-electron chi connectivity index (χ0n) is 20.7. The second-order valence-electron chi connectivity index (χ2n) is 8.78. The van der Waals surface area contributed by atoms with Crippen LogP contribution in [0.25, 0.3) is 11.3 Å². The first kappa shape index (κ1) is 25.1. The number of amides is 2. The molecule has 0 saturated carbocycles. The quantitative estimate of drug-likeness (QED) is 0.332. The van der Waals surface area contributed by atoms with Gasteiger partial charge in [0.1, 0.15) is 11.0 Å². The predicted octanol–water partition coefficient (Wildman–Crippen LogP) is 5.47. The van der Waals surface area contributed by atoms with Gasteiger partial charge in [-0.15, -0.1) is 11.3 Å². The molecule has 4 aromatic rings. The minimum atomic E-state index is -0.682. The molecule has 0 fully saturated rings. The van der Waals surface area contributed by atoms with Crippen molar-refractivity contribution in [1.29, 1.82) is 0 Å². The molecular weight excluding hydrogens is 468 g/mol. The molecule has 0 aliphatic carbocycles. The summed E-state index contributed by atoms with van der Waals surface area (Å²) >= 11 is 1.49. The Morgan fingerprint density at radius 1 is 0.917 bits per heavy atom. The van der Waals surface area contributed by atoms with Gasteiger partial charge >= 0.3 is 0 Å². The molecule has 3 aromatic carbocycles. The van der Waals surface area contributed by atoms with E-state index in [9.17, 15) is 9.59 Å². The summed E-state index contributed by atoms with van der Waals surface area (Å²) in [5.41, 5.74) is 4.52. The maximum Gasteiger partial charge on any atom is 0.246 e. The van der Waals surface area contributed by atoms with Crippen LogP contribution in [0, 0.1) is 0 Å². The number of aromatic nitrogens is 1. The Morgan fingerprint density at radius 2 is 1.56 bits per heavy atom.